The summed E-state index contributed by atoms with van der Waals surface area (Å²) in [4.78, 5) is 34.7. The molecule has 1 saturated heterocycles. The van der Waals surface area contributed by atoms with Gasteiger partial charge in [0, 0.05) is 32.0 Å². The van der Waals surface area contributed by atoms with Crippen LogP contribution in [0.1, 0.15) is 6.42 Å². The van der Waals surface area contributed by atoms with Crippen molar-refractivity contribution in [2.75, 3.05) is 36.9 Å². The molecule has 0 aliphatic carbocycles. The lowest BCUT2D eigenvalue weighted by Crippen LogP contribution is -2.37. The molecule has 1 aliphatic rings. The van der Waals surface area contributed by atoms with Gasteiger partial charge < -0.3 is 25.0 Å². The van der Waals surface area contributed by atoms with Crippen molar-refractivity contribution < 1.29 is 14.6 Å². The smallest absolute Gasteiger partial charge is 0.305 e. The van der Waals surface area contributed by atoms with Crippen LogP contribution in [0, 0.1) is 0 Å². The van der Waals surface area contributed by atoms with Crippen LogP contribution in [0.3, 0.4) is 0 Å². The summed E-state index contributed by atoms with van der Waals surface area (Å²) in [5.74, 6) is 0.400. The molecule has 0 amide bonds. The monoisotopic (exact) mass is 370 g/mol. The Balaban J connectivity index is 1.83. The summed E-state index contributed by atoms with van der Waals surface area (Å²) in [7, 11) is 0. The number of ether oxygens (including phenoxy) is 1. The highest BCUT2D eigenvalue weighted by Gasteiger charge is 2.21. The zero-order valence-electron chi connectivity index (χ0n) is 14.4. The van der Waals surface area contributed by atoms with Crippen molar-refractivity contribution in [1.29, 1.82) is 0 Å². The predicted octanol–water partition coefficient (Wildman–Crippen LogP) is 0.177. The fraction of sp³-hybridized carbons (Fsp3) is 0.375. The van der Waals surface area contributed by atoms with Crippen LogP contribution in [0.2, 0.25) is 0 Å². The summed E-state index contributed by atoms with van der Waals surface area (Å²) < 4.78 is 7.14. The molecule has 1 fully saturated rings. The number of nitrogen functional groups attached to an aromatic ring is 1. The fourth-order valence-corrected chi connectivity index (χ4v) is 2.89. The highest BCUT2D eigenvalue weighted by molar-refractivity contribution is 5.85. The molecule has 3 aromatic heterocycles. The normalized spacial score (nSPS) is 14.6. The predicted molar refractivity (Wildman–Crippen MR) is 96.0 cm³/mol. The quantitative estimate of drug-likeness (QED) is 0.637. The lowest BCUT2D eigenvalue weighted by molar-refractivity contribution is -0.137. The third kappa shape index (κ3) is 3.49. The van der Waals surface area contributed by atoms with Crippen LogP contribution in [0.15, 0.2) is 18.7 Å². The number of carbonyl (C=O) groups is 1. The van der Waals surface area contributed by atoms with E-state index in [1.807, 2.05) is 0 Å². The Bertz CT molecular complexity index is 966. The van der Waals surface area contributed by atoms with Crippen molar-refractivity contribution in [2.45, 2.75) is 13.0 Å². The number of imidazole rings is 1. The fourth-order valence-electron chi connectivity index (χ4n) is 2.89. The van der Waals surface area contributed by atoms with Crippen molar-refractivity contribution in [1.82, 2.24) is 29.5 Å². The van der Waals surface area contributed by atoms with E-state index in [1.54, 1.807) is 23.3 Å². The van der Waals surface area contributed by atoms with E-state index < -0.39 is 5.97 Å². The van der Waals surface area contributed by atoms with Crippen LogP contribution in [-0.4, -0.2) is 66.9 Å². The summed E-state index contributed by atoms with van der Waals surface area (Å²) in [6.45, 7) is 2.84. The number of nitrogens with two attached hydrogens (primary N) is 1. The zero-order chi connectivity index (χ0) is 18.8. The summed E-state index contributed by atoms with van der Waals surface area (Å²) in [5, 5.41) is 8.98. The maximum atomic E-state index is 10.9. The number of anilines is 2. The van der Waals surface area contributed by atoms with Gasteiger partial charge in [0.15, 0.2) is 22.8 Å². The van der Waals surface area contributed by atoms with Gasteiger partial charge in [-0.05, 0) is 0 Å². The Morgan fingerprint density at radius 1 is 1.19 bits per heavy atom. The molecule has 4 heterocycles. The van der Waals surface area contributed by atoms with Gasteiger partial charge in [0.2, 0.25) is 5.95 Å². The van der Waals surface area contributed by atoms with Crippen molar-refractivity contribution in [3.8, 4) is 11.4 Å². The van der Waals surface area contributed by atoms with Crippen LogP contribution >= 0.6 is 0 Å². The maximum absolute atomic E-state index is 10.9. The van der Waals surface area contributed by atoms with Gasteiger partial charge in [0.25, 0.3) is 0 Å². The number of morpholine rings is 1. The molecule has 0 radical (unpaired) electrons. The number of nitrogens with zero attached hydrogens (tertiary/aromatic N) is 7. The summed E-state index contributed by atoms with van der Waals surface area (Å²) in [5.41, 5.74) is 7.38. The number of aliphatic carboxylic acids is 1. The Morgan fingerprint density at radius 3 is 2.63 bits per heavy atom. The molecular weight excluding hydrogens is 352 g/mol. The second kappa shape index (κ2) is 7.11. The largest absolute Gasteiger partial charge is 0.481 e. The van der Waals surface area contributed by atoms with Gasteiger partial charge in [-0.25, -0.2) is 24.9 Å². The van der Waals surface area contributed by atoms with Crippen LogP contribution in [0.4, 0.5) is 11.8 Å². The highest BCUT2D eigenvalue weighted by atomic mass is 16.5. The Morgan fingerprint density at radius 2 is 1.93 bits per heavy atom. The van der Waals surface area contributed by atoms with E-state index in [1.165, 1.54) is 0 Å². The molecule has 0 spiro atoms. The highest BCUT2D eigenvalue weighted by Crippen LogP contribution is 2.27. The van der Waals surface area contributed by atoms with Gasteiger partial charge in [-0.2, -0.15) is 0 Å². The molecule has 0 unspecified atom stereocenters. The second-order valence-electron chi connectivity index (χ2n) is 6.05. The molecule has 0 saturated carbocycles. The lowest BCUT2D eigenvalue weighted by atomic mass is 10.3. The van der Waals surface area contributed by atoms with E-state index in [-0.39, 0.29) is 18.9 Å². The molecule has 3 N–H and O–H groups in total. The van der Waals surface area contributed by atoms with Crippen LogP contribution in [0.5, 0.6) is 0 Å². The summed E-state index contributed by atoms with van der Waals surface area (Å²) in [6.07, 6.45) is 4.69. The van der Waals surface area contributed by atoms with Crippen molar-refractivity contribution in [2.24, 2.45) is 0 Å². The Kier molecular flexibility index (Phi) is 4.50. The molecular formula is C16H18N8O3. The minimum Gasteiger partial charge on any atom is -0.481 e. The molecule has 27 heavy (non-hydrogen) atoms. The molecule has 11 heteroatoms. The first-order chi connectivity index (χ1) is 13.1. The first kappa shape index (κ1) is 17.1. The minimum absolute atomic E-state index is 0.0251. The number of aromatic nitrogens is 6. The van der Waals surface area contributed by atoms with Crippen molar-refractivity contribution in [3.05, 3.63) is 18.7 Å². The third-order valence-corrected chi connectivity index (χ3v) is 4.25. The molecule has 11 nitrogen and oxygen atoms in total. The van der Waals surface area contributed by atoms with Crippen molar-refractivity contribution in [3.63, 3.8) is 0 Å². The van der Waals surface area contributed by atoms with Gasteiger partial charge >= 0.3 is 5.97 Å². The Hall–Kier alpha value is -3.34. The first-order valence-corrected chi connectivity index (χ1v) is 8.47. The van der Waals surface area contributed by atoms with E-state index in [2.05, 4.69) is 29.8 Å². The number of hydrogen-bond donors (Lipinski definition) is 2. The molecule has 0 atom stereocenters. The van der Waals surface area contributed by atoms with E-state index >= 15 is 0 Å². The average molecular weight is 370 g/mol. The number of aryl methyl sites for hydroxylation is 1. The second-order valence-corrected chi connectivity index (χ2v) is 6.05. The van der Waals surface area contributed by atoms with Gasteiger partial charge in [0.05, 0.1) is 31.5 Å². The van der Waals surface area contributed by atoms with Gasteiger partial charge in [-0.1, -0.05) is 0 Å². The van der Waals surface area contributed by atoms with Crippen LogP contribution < -0.4 is 10.6 Å². The van der Waals surface area contributed by atoms with Gasteiger partial charge in [-0.3, -0.25) is 4.79 Å². The minimum atomic E-state index is -0.883. The first-order valence-electron chi connectivity index (χ1n) is 8.47. The summed E-state index contributed by atoms with van der Waals surface area (Å²) in [6, 6.07) is 0. The van der Waals surface area contributed by atoms with E-state index in [0.717, 1.165) is 0 Å². The topological polar surface area (TPSA) is 145 Å². The number of rotatable bonds is 5. The van der Waals surface area contributed by atoms with Crippen LogP contribution in [0.25, 0.3) is 22.6 Å². The molecule has 1 aliphatic heterocycles. The van der Waals surface area contributed by atoms with Crippen LogP contribution in [-0.2, 0) is 16.1 Å². The maximum Gasteiger partial charge on any atom is 0.305 e. The van der Waals surface area contributed by atoms with E-state index in [9.17, 15) is 4.79 Å². The van der Waals surface area contributed by atoms with E-state index in [0.29, 0.717) is 54.7 Å². The lowest BCUT2D eigenvalue weighted by Gasteiger charge is -2.28. The Labute approximate surface area is 153 Å². The van der Waals surface area contributed by atoms with Gasteiger partial charge in [-0.15, -0.1) is 0 Å². The third-order valence-electron chi connectivity index (χ3n) is 4.25. The number of carboxylic acid groups (broad SMARTS) is 1. The number of fused-ring (bicyclic) bond motifs is 1. The average Bonchev–Trinajstić information content (AvgIpc) is 3.10. The standard InChI is InChI=1S/C16H18N8O3/c17-16-18-7-10(8-19-16)13-21-14(23-3-5-27-6-4-23)12-15(22-13)24(9-20-12)2-1-11(25)26/h7-9H,1-6H2,(H,25,26)(H2,17,18,19). The van der Waals surface area contributed by atoms with Gasteiger partial charge in [0.1, 0.15) is 0 Å². The molecule has 0 aromatic carbocycles. The summed E-state index contributed by atoms with van der Waals surface area (Å²) >= 11 is 0. The molecule has 0 bridgehead atoms. The molecule has 140 valence electrons. The zero-order valence-corrected chi connectivity index (χ0v) is 14.4. The SMILES string of the molecule is Nc1ncc(-c2nc(N3CCOCC3)c3ncn(CCC(=O)O)c3n2)cn1. The number of carboxylic acids is 1. The van der Waals surface area contributed by atoms with E-state index in [4.69, 9.17) is 15.6 Å². The molecule has 3 aromatic rings. The van der Waals surface area contributed by atoms with Crippen molar-refractivity contribution >= 4 is 28.9 Å². The number of hydrogen-bond acceptors (Lipinski definition) is 9. The molecule has 4 rings (SSSR count).